The van der Waals surface area contributed by atoms with Gasteiger partial charge in [-0.2, -0.15) is 0 Å². The standard InChI is InChI=1S/C36H36N2O6/c1-24(20-25-10-15-32(42-2)33(21-25)43-3)37-17-7-19-44-30-13-11-27(12-14-30)35(39)34-31(26-8-5-4-6-9-26)23-29-22-28(36(40)41)16-18-38(29)34/h4-6,8-16,18,21-24,37H,7,17,19-20H2,1-3H3,(H,40,41). The van der Waals surface area contributed by atoms with Gasteiger partial charge in [-0.25, -0.2) is 4.79 Å². The lowest BCUT2D eigenvalue weighted by atomic mass is 10.0. The topological polar surface area (TPSA) is 98.5 Å². The lowest BCUT2D eigenvalue weighted by Gasteiger charge is -2.15. The van der Waals surface area contributed by atoms with Crippen molar-refractivity contribution in [3.63, 3.8) is 0 Å². The van der Waals surface area contributed by atoms with Crippen molar-refractivity contribution in [3.05, 3.63) is 120 Å². The van der Waals surface area contributed by atoms with Gasteiger partial charge in [0.1, 0.15) is 11.4 Å². The number of benzene rings is 3. The molecule has 0 saturated carbocycles. The van der Waals surface area contributed by atoms with Crippen LogP contribution in [-0.4, -0.2) is 54.7 Å². The molecular weight excluding hydrogens is 556 g/mol. The molecule has 1 atom stereocenters. The number of ether oxygens (including phenoxy) is 3. The summed E-state index contributed by atoms with van der Waals surface area (Å²) < 4.78 is 18.4. The highest BCUT2D eigenvalue weighted by Crippen LogP contribution is 2.31. The maximum atomic E-state index is 13.8. The van der Waals surface area contributed by atoms with Gasteiger partial charge in [-0.1, -0.05) is 36.4 Å². The SMILES string of the molecule is COc1ccc(CC(C)NCCCOc2ccc(C(=O)c3c(-c4ccccc4)cc4cc(C(=O)O)ccn34)cc2)cc1OC. The van der Waals surface area contributed by atoms with Gasteiger partial charge in [-0.3, -0.25) is 4.79 Å². The zero-order valence-electron chi connectivity index (χ0n) is 25.1. The van der Waals surface area contributed by atoms with Crippen LogP contribution in [0.2, 0.25) is 0 Å². The van der Waals surface area contributed by atoms with Crippen molar-refractivity contribution in [2.45, 2.75) is 25.8 Å². The van der Waals surface area contributed by atoms with Crippen molar-refractivity contribution in [3.8, 4) is 28.4 Å². The Kier molecular flexibility index (Phi) is 9.62. The molecule has 2 heterocycles. The Bertz CT molecular complexity index is 1740. The number of carboxylic acid groups (broad SMARTS) is 1. The normalized spacial score (nSPS) is 11.7. The van der Waals surface area contributed by atoms with E-state index in [9.17, 15) is 14.7 Å². The van der Waals surface area contributed by atoms with Crippen LogP contribution in [0.1, 0.15) is 45.3 Å². The number of aromatic carboxylic acids is 1. The van der Waals surface area contributed by atoms with Crippen LogP contribution in [0.25, 0.3) is 16.6 Å². The van der Waals surface area contributed by atoms with E-state index in [4.69, 9.17) is 14.2 Å². The molecule has 8 nitrogen and oxygen atoms in total. The van der Waals surface area contributed by atoms with Crippen molar-refractivity contribution in [2.24, 2.45) is 0 Å². The third-order valence-electron chi connectivity index (χ3n) is 7.51. The molecule has 8 heteroatoms. The number of carbonyl (C=O) groups is 2. The molecule has 44 heavy (non-hydrogen) atoms. The van der Waals surface area contributed by atoms with E-state index >= 15 is 0 Å². The lowest BCUT2D eigenvalue weighted by Crippen LogP contribution is -2.29. The summed E-state index contributed by atoms with van der Waals surface area (Å²) in [7, 11) is 3.27. The number of nitrogens with zero attached hydrogens (tertiary/aromatic N) is 1. The smallest absolute Gasteiger partial charge is 0.335 e. The number of hydrogen-bond donors (Lipinski definition) is 2. The largest absolute Gasteiger partial charge is 0.494 e. The molecule has 0 aliphatic rings. The number of hydrogen-bond acceptors (Lipinski definition) is 6. The molecule has 1 unspecified atom stereocenters. The molecule has 5 rings (SSSR count). The Morgan fingerprint density at radius 3 is 2.32 bits per heavy atom. The number of methoxy groups -OCH3 is 2. The summed E-state index contributed by atoms with van der Waals surface area (Å²) in [4.78, 5) is 25.3. The first kappa shape index (κ1) is 30.4. The summed E-state index contributed by atoms with van der Waals surface area (Å²) in [5.41, 5.74) is 4.58. The first-order chi connectivity index (χ1) is 21.4. The molecule has 0 amide bonds. The van der Waals surface area contributed by atoms with Crippen molar-refractivity contribution in [1.29, 1.82) is 0 Å². The first-order valence-corrected chi connectivity index (χ1v) is 14.5. The highest BCUT2D eigenvalue weighted by atomic mass is 16.5. The Morgan fingerprint density at radius 1 is 0.864 bits per heavy atom. The molecule has 0 spiro atoms. The second-order valence-corrected chi connectivity index (χ2v) is 10.6. The average Bonchev–Trinajstić information content (AvgIpc) is 3.44. The van der Waals surface area contributed by atoms with E-state index in [0.29, 0.717) is 29.1 Å². The number of rotatable bonds is 14. The minimum absolute atomic E-state index is 0.161. The number of pyridine rings is 1. The minimum Gasteiger partial charge on any atom is -0.494 e. The summed E-state index contributed by atoms with van der Waals surface area (Å²) >= 11 is 0. The van der Waals surface area contributed by atoms with E-state index in [1.807, 2.05) is 54.6 Å². The third-order valence-corrected chi connectivity index (χ3v) is 7.51. The second kappa shape index (κ2) is 13.9. The average molecular weight is 593 g/mol. The van der Waals surface area contributed by atoms with Crippen molar-refractivity contribution < 1.29 is 28.9 Å². The first-order valence-electron chi connectivity index (χ1n) is 14.5. The van der Waals surface area contributed by atoms with E-state index in [1.54, 1.807) is 55.1 Å². The van der Waals surface area contributed by atoms with Crippen LogP contribution in [-0.2, 0) is 6.42 Å². The van der Waals surface area contributed by atoms with E-state index in [2.05, 4.69) is 12.2 Å². The maximum Gasteiger partial charge on any atom is 0.335 e. The predicted molar refractivity (Wildman–Crippen MR) is 170 cm³/mol. The molecule has 2 aromatic heterocycles. The highest BCUT2D eigenvalue weighted by molar-refractivity contribution is 6.13. The molecule has 3 aromatic carbocycles. The number of ketones is 1. The van der Waals surface area contributed by atoms with Gasteiger partial charge in [0.25, 0.3) is 0 Å². The fourth-order valence-electron chi connectivity index (χ4n) is 5.26. The number of nitrogens with one attached hydrogen (secondary N) is 1. The number of carboxylic acids is 1. The van der Waals surface area contributed by atoms with E-state index in [-0.39, 0.29) is 17.4 Å². The summed E-state index contributed by atoms with van der Waals surface area (Å²) in [5.74, 6) is 0.961. The quantitative estimate of drug-likeness (QED) is 0.112. The Labute approximate surface area is 256 Å². The molecule has 0 aliphatic heterocycles. The van der Waals surface area contributed by atoms with Gasteiger partial charge in [-0.15, -0.1) is 0 Å². The van der Waals surface area contributed by atoms with E-state index in [0.717, 1.165) is 42.0 Å². The van der Waals surface area contributed by atoms with Gasteiger partial charge < -0.3 is 29.0 Å². The van der Waals surface area contributed by atoms with Crippen LogP contribution in [0, 0.1) is 0 Å². The molecule has 226 valence electrons. The van der Waals surface area contributed by atoms with Crippen LogP contribution in [0.4, 0.5) is 0 Å². The monoisotopic (exact) mass is 592 g/mol. The van der Waals surface area contributed by atoms with Gasteiger partial charge in [-0.05, 0) is 92.0 Å². The fourth-order valence-corrected chi connectivity index (χ4v) is 5.26. The minimum atomic E-state index is -1.02. The van der Waals surface area contributed by atoms with Gasteiger partial charge in [0, 0.05) is 28.9 Å². The zero-order valence-corrected chi connectivity index (χ0v) is 25.1. The van der Waals surface area contributed by atoms with E-state index < -0.39 is 5.97 Å². The number of carbonyl (C=O) groups excluding carboxylic acids is 1. The van der Waals surface area contributed by atoms with Crippen LogP contribution in [0.3, 0.4) is 0 Å². The van der Waals surface area contributed by atoms with Crippen LogP contribution >= 0.6 is 0 Å². The maximum absolute atomic E-state index is 13.8. The summed E-state index contributed by atoms with van der Waals surface area (Å²) in [6.45, 7) is 3.49. The Morgan fingerprint density at radius 2 is 1.61 bits per heavy atom. The molecular formula is C36H36N2O6. The Hall–Kier alpha value is -5.08. The molecule has 0 aliphatic carbocycles. The van der Waals surface area contributed by atoms with Gasteiger partial charge in [0.15, 0.2) is 11.5 Å². The molecule has 0 radical (unpaired) electrons. The summed E-state index contributed by atoms with van der Waals surface area (Å²) in [6, 6.07) is 27.9. The number of aromatic nitrogens is 1. The fraction of sp³-hybridized carbons (Fsp3) is 0.222. The summed E-state index contributed by atoms with van der Waals surface area (Å²) in [6.07, 6.45) is 3.32. The molecule has 2 N–H and O–H groups in total. The van der Waals surface area contributed by atoms with Crippen LogP contribution < -0.4 is 19.5 Å². The lowest BCUT2D eigenvalue weighted by molar-refractivity contribution is 0.0696. The highest BCUT2D eigenvalue weighted by Gasteiger charge is 2.21. The van der Waals surface area contributed by atoms with Gasteiger partial charge >= 0.3 is 5.97 Å². The molecule has 0 fully saturated rings. The second-order valence-electron chi connectivity index (χ2n) is 10.6. The van der Waals surface area contributed by atoms with Crippen LogP contribution in [0.15, 0.2) is 97.2 Å². The predicted octanol–water partition coefficient (Wildman–Crippen LogP) is 6.54. The zero-order chi connectivity index (χ0) is 31.1. The number of fused-ring (bicyclic) bond motifs is 1. The molecule has 5 aromatic rings. The van der Waals surface area contributed by atoms with Crippen LogP contribution in [0.5, 0.6) is 17.2 Å². The van der Waals surface area contributed by atoms with E-state index in [1.165, 1.54) is 11.6 Å². The Balaban J connectivity index is 1.19. The van der Waals surface area contributed by atoms with Crippen molar-refractivity contribution >= 4 is 17.3 Å². The van der Waals surface area contributed by atoms with Crippen molar-refractivity contribution in [1.82, 2.24) is 9.72 Å². The molecule has 0 bridgehead atoms. The van der Waals surface area contributed by atoms with Crippen molar-refractivity contribution in [2.75, 3.05) is 27.4 Å². The van der Waals surface area contributed by atoms with Gasteiger partial charge in [0.2, 0.25) is 5.78 Å². The molecule has 0 saturated heterocycles. The van der Waals surface area contributed by atoms with Gasteiger partial charge in [0.05, 0.1) is 26.4 Å². The third kappa shape index (κ3) is 6.93. The summed E-state index contributed by atoms with van der Waals surface area (Å²) in [5, 5.41) is 13.0.